The van der Waals surface area contributed by atoms with Crippen molar-refractivity contribution in [3.8, 4) is 22.5 Å². The van der Waals surface area contributed by atoms with Crippen LogP contribution in [0.4, 0.5) is 0 Å². The van der Waals surface area contributed by atoms with E-state index in [1.165, 1.54) is 15.7 Å². The Hall–Kier alpha value is -5.16. The Kier molecular flexibility index (Phi) is 4.52. The average molecular weight is 521 g/mol. The van der Waals surface area contributed by atoms with Gasteiger partial charge in [0.1, 0.15) is 11.2 Å². The largest absolute Gasteiger partial charge is 0.456 e. The molecule has 0 amide bonds. The maximum Gasteiger partial charge on any atom is 0.321 e. The van der Waals surface area contributed by atoms with Crippen LogP contribution < -0.4 is 11.1 Å². The molecule has 0 saturated heterocycles. The molecule has 1 aliphatic carbocycles. The third kappa shape index (κ3) is 2.97. The van der Waals surface area contributed by atoms with E-state index < -0.39 is 11.1 Å². The highest BCUT2D eigenvalue weighted by atomic mass is 16.3. The number of nitrogens with zero attached hydrogens (tertiary/aromatic N) is 2. The smallest absolute Gasteiger partial charge is 0.321 e. The van der Waals surface area contributed by atoms with Crippen molar-refractivity contribution >= 4 is 33.0 Å². The number of hydrogen-bond acceptors (Lipinski definition) is 3. The van der Waals surface area contributed by atoms with Gasteiger partial charge in [-0.25, -0.2) is 0 Å². The van der Waals surface area contributed by atoms with Gasteiger partial charge in [-0.2, -0.15) is 0 Å². The molecule has 0 saturated carbocycles. The van der Waals surface area contributed by atoms with Crippen LogP contribution in [-0.4, -0.2) is 9.13 Å². The predicted molar refractivity (Wildman–Crippen MR) is 160 cm³/mol. The first-order chi connectivity index (χ1) is 19.4. The van der Waals surface area contributed by atoms with Gasteiger partial charge < -0.3 is 4.42 Å². The van der Waals surface area contributed by atoms with Crippen molar-refractivity contribution in [2.75, 3.05) is 0 Å². The summed E-state index contributed by atoms with van der Waals surface area (Å²) in [5, 5.41) is 1.86. The molecule has 5 heteroatoms. The number of fused-ring (bicyclic) bond motifs is 7. The minimum atomic E-state index is -0.603. The van der Waals surface area contributed by atoms with Crippen molar-refractivity contribution in [2.45, 2.75) is 19.3 Å². The standard InChI is InChI=1S/C35H24N2O3/c1-35(2)27-11-5-3-9-23(27)24-17-15-22(20-28(24)35)37-30-13-7-6-12-29(30)36(33(38)34(37)39)21-16-18-32-26(19-21)25-10-4-8-14-31(25)40-32/h3-20H,1-2H3. The van der Waals surface area contributed by atoms with E-state index in [0.29, 0.717) is 22.4 Å². The lowest BCUT2D eigenvalue weighted by Crippen LogP contribution is -2.40. The minimum absolute atomic E-state index is 0.223. The highest BCUT2D eigenvalue weighted by Crippen LogP contribution is 2.49. The highest BCUT2D eigenvalue weighted by molar-refractivity contribution is 6.05. The van der Waals surface area contributed by atoms with Gasteiger partial charge in [0.25, 0.3) is 0 Å². The molecular formula is C35H24N2O3. The monoisotopic (exact) mass is 520 g/mol. The van der Waals surface area contributed by atoms with E-state index in [1.54, 1.807) is 4.57 Å². The third-order valence-corrected chi connectivity index (χ3v) is 8.40. The Morgan fingerprint density at radius 1 is 0.550 bits per heavy atom. The lowest BCUT2D eigenvalue weighted by atomic mass is 9.82. The number of benzene rings is 5. The molecule has 0 unspecified atom stereocenters. The molecule has 0 radical (unpaired) electrons. The number of aromatic nitrogens is 2. The van der Waals surface area contributed by atoms with Crippen molar-refractivity contribution in [3.05, 3.63) is 141 Å². The molecule has 40 heavy (non-hydrogen) atoms. The van der Waals surface area contributed by atoms with Gasteiger partial charge in [-0.3, -0.25) is 18.7 Å². The van der Waals surface area contributed by atoms with Crippen molar-refractivity contribution in [1.29, 1.82) is 0 Å². The van der Waals surface area contributed by atoms with Crippen molar-refractivity contribution in [1.82, 2.24) is 9.13 Å². The lowest BCUT2D eigenvalue weighted by Gasteiger charge is -2.22. The zero-order valence-electron chi connectivity index (χ0n) is 22.0. The van der Waals surface area contributed by atoms with Gasteiger partial charge in [-0.15, -0.1) is 0 Å². The summed E-state index contributed by atoms with van der Waals surface area (Å²) in [6, 6.07) is 35.5. The van der Waals surface area contributed by atoms with Crippen molar-refractivity contribution in [3.63, 3.8) is 0 Å². The first-order valence-electron chi connectivity index (χ1n) is 13.4. The topological polar surface area (TPSA) is 57.1 Å². The fourth-order valence-electron chi connectivity index (χ4n) is 6.45. The molecule has 0 fully saturated rings. The second-order valence-corrected chi connectivity index (χ2v) is 10.9. The van der Waals surface area contributed by atoms with Crippen molar-refractivity contribution < 1.29 is 4.42 Å². The molecule has 2 aromatic heterocycles. The van der Waals surface area contributed by atoms with E-state index in [1.807, 2.05) is 72.8 Å². The summed E-state index contributed by atoms with van der Waals surface area (Å²) in [5.41, 5.74) is 7.50. The fourth-order valence-corrected chi connectivity index (χ4v) is 6.45. The molecule has 8 rings (SSSR count). The molecule has 0 spiro atoms. The number of hydrogen-bond donors (Lipinski definition) is 0. The van der Waals surface area contributed by atoms with Crippen LogP contribution in [0.2, 0.25) is 0 Å². The van der Waals surface area contributed by atoms with Crippen LogP contribution >= 0.6 is 0 Å². The maximum absolute atomic E-state index is 13.9. The summed E-state index contributed by atoms with van der Waals surface area (Å²) in [6.07, 6.45) is 0. The molecule has 7 aromatic rings. The van der Waals surface area contributed by atoms with Crippen LogP contribution in [0.15, 0.2) is 123 Å². The fraction of sp³-hybridized carbons (Fsp3) is 0.0857. The van der Waals surface area contributed by atoms with E-state index in [4.69, 9.17) is 4.42 Å². The molecule has 1 aliphatic rings. The molecule has 5 nitrogen and oxygen atoms in total. The summed E-state index contributed by atoms with van der Waals surface area (Å²) < 4.78 is 9.06. The number of furan rings is 1. The van der Waals surface area contributed by atoms with E-state index >= 15 is 0 Å². The van der Waals surface area contributed by atoms with Gasteiger partial charge in [0.2, 0.25) is 0 Å². The molecule has 0 N–H and O–H groups in total. The van der Waals surface area contributed by atoms with Crippen LogP contribution in [-0.2, 0) is 5.41 Å². The van der Waals surface area contributed by atoms with E-state index in [-0.39, 0.29) is 5.41 Å². The Labute approximate surface area is 229 Å². The molecular weight excluding hydrogens is 496 g/mol. The van der Waals surface area contributed by atoms with Crippen LogP contribution in [0.5, 0.6) is 0 Å². The Bertz CT molecular complexity index is 2300. The first kappa shape index (κ1) is 22.8. The van der Waals surface area contributed by atoms with Gasteiger partial charge in [0.15, 0.2) is 0 Å². The predicted octanol–water partition coefficient (Wildman–Crippen LogP) is 7.35. The highest BCUT2D eigenvalue weighted by Gasteiger charge is 2.35. The second kappa shape index (κ2) is 7.93. The molecule has 2 heterocycles. The Morgan fingerprint density at radius 3 is 1.90 bits per heavy atom. The second-order valence-electron chi connectivity index (χ2n) is 10.9. The van der Waals surface area contributed by atoms with Crippen LogP contribution in [0.3, 0.4) is 0 Å². The molecule has 0 atom stereocenters. The summed E-state index contributed by atoms with van der Waals surface area (Å²) >= 11 is 0. The van der Waals surface area contributed by atoms with Gasteiger partial charge in [-0.05, 0) is 70.8 Å². The summed E-state index contributed by atoms with van der Waals surface area (Å²) in [6.45, 7) is 4.41. The van der Waals surface area contributed by atoms with Crippen LogP contribution in [0, 0.1) is 0 Å². The van der Waals surface area contributed by atoms with E-state index in [9.17, 15) is 9.59 Å². The zero-order chi connectivity index (χ0) is 27.2. The average Bonchev–Trinajstić information content (AvgIpc) is 3.46. The molecule has 0 aliphatic heterocycles. The molecule has 192 valence electrons. The normalized spacial score (nSPS) is 13.7. The Morgan fingerprint density at radius 2 is 1.12 bits per heavy atom. The molecule has 5 aromatic carbocycles. The summed E-state index contributed by atoms with van der Waals surface area (Å²) in [4.78, 5) is 27.8. The Balaban J connectivity index is 1.38. The van der Waals surface area contributed by atoms with Gasteiger partial charge in [-0.1, -0.05) is 74.5 Å². The van der Waals surface area contributed by atoms with Crippen LogP contribution in [0.25, 0.3) is 55.5 Å². The summed E-state index contributed by atoms with van der Waals surface area (Å²) in [7, 11) is 0. The first-order valence-corrected chi connectivity index (χ1v) is 13.4. The number of rotatable bonds is 2. The van der Waals surface area contributed by atoms with E-state index in [0.717, 1.165) is 33.1 Å². The van der Waals surface area contributed by atoms with Crippen LogP contribution in [0.1, 0.15) is 25.0 Å². The summed E-state index contributed by atoms with van der Waals surface area (Å²) in [5.74, 6) is 0. The van der Waals surface area contributed by atoms with E-state index in [2.05, 4.69) is 50.2 Å². The third-order valence-electron chi connectivity index (χ3n) is 8.40. The molecule has 0 bridgehead atoms. The van der Waals surface area contributed by atoms with Gasteiger partial charge >= 0.3 is 11.1 Å². The van der Waals surface area contributed by atoms with Crippen molar-refractivity contribution in [2.24, 2.45) is 0 Å². The van der Waals surface area contributed by atoms with Gasteiger partial charge in [0, 0.05) is 21.9 Å². The lowest BCUT2D eigenvalue weighted by molar-refractivity contribution is 0.659. The number of para-hydroxylation sites is 3. The zero-order valence-corrected chi connectivity index (χ0v) is 22.0. The quantitative estimate of drug-likeness (QED) is 0.224. The minimum Gasteiger partial charge on any atom is -0.456 e. The SMILES string of the molecule is CC1(C)c2ccccc2-c2ccc(-n3c(=O)c(=O)n(-c4ccc5oc6ccccc6c5c4)c4ccccc43)cc21. The van der Waals surface area contributed by atoms with Gasteiger partial charge in [0.05, 0.1) is 16.7 Å². The maximum atomic E-state index is 13.9.